The molecular weight excluding hydrogens is 373 g/mol. The van der Waals surface area contributed by atoms with E-state index in [4.69, 9.17) is 0 Å². The van der Waals surface area contributed by atoms with Crippen LogP contribution in [-0.2, 0) is 4.79 Å². The number of amides is 1. The summed E-state index contributed by atoms with van der Waals surface area (Å²) in [7, 11) is 0. The monoisotopic (exact) mass is 395 g/mol. The molecule has 0 saturated carbocycles. The van der Waals surface area contributed by atoms with Gasteiger partial charge >= 0.3 is 0 Å². The number of alkyl halides is 1. The largest absolute Gasteiger partial charge is 0.363 e. The Kier molecular flexibility index (Phi) is 4.59. The number of aromatic nitrogens is 4. The van der Waals surface area contributed by atoms with Crippen molar-refractivity contribution in [3.63, 3.8) is 0 Å². The quantitative estimate of drug-likeness (QED) is 0.703. The van der Waals surface area contributed by atoms with Crippen molar-refractivity contribution in [2.24, 2.45) is 0 Å². The Morgan fingerprint density at radius 2 is 2.10 bits per heavy atom. The second kappa shape index (κ2) is 7.40. The molecule has 0 radical (unpaired) electrons. The number of rotatable bonds is 4. The molecule has 2 N–H and O–H groups in total. The van der Waals surface area contributed by atoms with E-state index in [1.165, 1.54) is 0 Å². The van der Waals surface area contributed by atoms with E-state index in [1.807, 2.05) is 28.8 Å². The van der Waals surface area contributed by atoms with Crippen molar-refractivity contribution >= 4 is 23.2 Å². The number of fused-ring (bicyclic) bond motifs is 1. The van der Waals surface area contributed by atoms with E-state index in [2.05, 4.69) is 25.6 Å². The van der Waals surface area contributed by atoms with Gasteiger partial charge in [-0.3, -0.25) is 14.1 Å². The molecule has 5 heterocycles. The number of nitrogens with zero attached hydrogens (tertiary/aromatic N) is 5. The summed E-state index contributed by atoms with van der Waals surface area (Å²) in [5.41, 5.74) is 2.18. The van der Waals surface area contributed by atoms with Crippen LogP contribution in [0, 0.1) is 0 Å². The van der Waals surface area contributed by atoms with E-state index in [-0.39, 0.29) is 11.9 Å². The van der Waals surface area contributed by atoms with E-state index in [0.717, 1.165) is 18.5 Å². The average molecular weight is 395 g/mol. The molecule has 8 nitrogen and oxygen atoms in total. The molecular formula is C20H22FN7O. The molecule has 3 aromatic rings. The highest BCUT2D eigenvalue weighted by Gasteiger charge is 2.27. The summed E-state index contributed by atoms with van der Waals surface area (Å²) in [6.45, 7) is 1.61. The molecule has 2 aliphatic heterocycles. The van der Waals surface area contributed by atoms with Crippen LogP contribution < -0.4 is 15.5 Å². The Morgan fingerprint density at radius 3 is 2.93 bits per heavy atom. The number of hydrogen-bond acceptors (Lipinski definition) is 6. The smallest absolute Gasteiger partial charge is 0.228 e. The van der Waals surface area contributed by atoms with Gasteiger partial charge in [-0.15, -0.1) is 0 Å². The average Bonchev–Trinajstić information content (AvgIpc) is 3.34. The van der Waals surface area contributed by atoms with Gasteiger partial charge in [0.1, 0.15) is 12.0 Å². The summed E-state index contributed by atoms with van der Waals surface area (Å²) in [6.07, 6.45) is 6.75. The predicted molar refractivity (Wildman–Crippen MR) is 108 cm³/mol. The number of imidazole rings is 1. The van der Waals surface area contributed by atoms with Crippen LogP contribution in [-0.4, -0.2) is 57.1 Å². The molecule has 29 heavy (non-hydrogen) atoms. The van der Waals surface area contributed by atoms with Crippen LogP contribution in [0.25, 0.3) is 17.0 Å². The zero-order valence-electron chi connectivity index (χ0n) is 15.9. The lowest BCUT2D eigenvalue weighted by Crippen LogP contribution is -2.35. The van der Waals surface area contributed by atoms with Gasteiger partial charge in [-0.2, -0.15) is 0 Å². The Balaban J connectivity index is 1.47. The summed E-state index contributed by atoms with van der Waals surface area (Å²) >= 11 is 0. The molecule has 0 spiro atoms. The minimum Gasteiger partial charge on any atom is -0.363 e. The van der Waals surface area contributed by atoms with Gasteiger partial charge in [0.2, 0.25) is 5.91 Å². The van der Waals surface area contributed by atoms with Crippen LogP contribution >= 0.6 is 0 Å². The summed E-state index contributed by atoms with van der Waals surface area (Å²) in [4.78, 5) is 27.5. The molecule has 2 atom stereocenters. The summed E-state index contributed by atoms with van der Waals surface area (Å²) in [5, 5.41) is 6.20. The summed E-state index contributed by atoms with van der Waals surface area (Å²) in [5.74, 6) is 1.34. The lowest BCUT2D eigenvalue weighted by atomic mass is 10.1. The van der Waals surface area contributed by atoms with Gasteiger partial charge in [0.25, 0.3) is 0 Å². The van der Waals surface area contributed by atoms with Crippen LogP contribution in [0.2, 0.25) is 0 Å². The molecule has 0 aliphatic carbocycles. The fraction of sp³-hybridized carbons (Fsp3) is 0.400. The van der Waals surface area contributed by atoms with Gasteiger partial charge in [0.15, 0.2) is 11.5 Å². The first-order valence-electron chi connectivity index (χ1n) is 9.91. The lowest BCUT2D eigenvalue weighted by Gasteiger charge is -2.25. The van der Waals surface area contributed by atoms with Crippen LogP contribution in [0.5, 0.6) is 0 Å². The maximum Gasteiger partial charge on any atom is 0.228 e. The van der Waals surface area contributed by atoms with Crippen LogP contribution in [0.1, 0.15) is 19.3 Å². The molecule has 0 aromatic carbocycles. The van der Waals surface area contributed by atoms with Gasteiger partial charge in [-0.05, 0) is 25.0 Å². The Labute approximate surface area is 167 Å². The first kappa shape index (κ1) is 18.0. The van der Waals surface area contributed by atoms with E-state index in [1.54, 1.807) is 17.3 Å². The molecule has 150 valence electrons. The third-order valence-corrected chi connectivity index (χ3v) is 5.47. The van der Waals surface area contributed by atoms with E-state index < -0.39 is 6.17 Å². The van der Waals surface area contributed by atoms with Crippen molar-refractivity contribution in [2.75, 3.05) is 29.9 Å². The number of nitrogens with one attached hydrogen (secondary N) is 2. The minimum absolute atomic E-state index is 0.0973. The number of hydrogen-bond donors (Lipinski definition) is 2. The number of anilines is 2. The zero-order chi connectivity index (χ0) is 19.8. The number of piperidine rings is 1. The number of carbonyl (C=O) groups is 1. The predicted octanol–water partition coefficient (Wildman–Crippen LogP) is 2.03. The van der Waals surface area contributed by atoms with Gasteiger partial charge in [0, 0.05) is 26.1 Å². The molecule has 2 saturated heterocycles. The maximum absolute atomic E-state index is 13.9. The van der Waals surface area contributed by atoms with Crippen molar-refractivity contribution in [1.82, 2.24) is 24.7 Å². The second-order valence-electron chi connectivity index (χ2n) is 7.45. The van der Waals surface area contributed by atoms with E-state index >= 15 is 0 Å². The fourth-order valence-electron chi connectivity index (χ4n) is 3.89. The van der Waals surface area contributed by atoms with Gasteiger partial charge in [-0.25, -0.2) is 19.3 Å². The van der Waals surface area contributed by atoms with Gasteiger partial charge in [-0.1, -0.05) is 6.07 Å². The van der Waals surface area contributed by atoms with Crippen molar-refractivity contribution < 1.29 is 9.18 Å². The maximum atomic E-state index is 13.9. The number of pyridine rings is 1. The molecule has 2 unspecified atom stereocenters. The van der Waals surface area contributed by atoms with Crippen LogP contribution in [0.3, 0.4) is 0 Å². The minimum atomic E-state index is -0.938. The highest BCUT2D eigenvalue weighted by atomic mass is 19.1. The van der Waals surface area contributed by atoms with Gasteiger partial charge < -0.3 is 10.6 Å². The van der Waals surface area contributed by atoms with E-state index in [9.17, 15) is 9.18 Å². The van der Waals surface area contributed by atoms with Gasteiger partial charge in [0.05, 0.1) is 36.0 Å². The second-order valence-corrected chi connectivity index (χ2v) is 7.45. The topological polar surface area (TPSA) is 87.5 Å². The highest BCUT2D eigenvalue weighted by molar-refractivity contribution is 5.93. The number of carbonyl (C=O) groups excluding carboxylic acids is 1. The molecule has 5 rings (SSSR count). The third kappa shape index (κ3) is 3.42. The zero-order valence-corrected chi connectivity index (χ0v) is 15.9. The first-order valence-corrected chi connectivity index (χ1v) is 9.91. The highest BCUT2D eigenvalue weighted by Crippen LogP contribution is 2.24. The molecule has 1 amide bonds. The summed E-state index contributed by atoms with van der Waals surface area (Å²) < 4.78 is 15.8. The lowest BCUT2D eigenvalue weighted by molar-refractivity contribution is -0.119. The Bertz CT molecular complexity index is 1050. The van der Waals surface area contributed by atoms with E-state index in [0.29, 0.717) is 49.0 Å². The Morgan fingerprint density at radius 1 is 1.17 bits per heavy atom. The Hall–Kier alpha value is -3.07. The number of halogens is 1. The third-order valence-electron chi connectivity index (χ3n) is 5.47. The normalized spacial score (nSPS) is 22.4. The molecule has 2 aliphatic rings. The van der Waals surface area contributed by atoms with Crippen molar-refractivity contribution in [2.45, 2.75) is 31.5 Å². The van der Waals surface area contributed by atoms with Crippen LogP contribution in [0.15, 0.2) is 36.8 Å². The summed E-state index contributed by atoms with van der Waals surface area (Å²) in [6, 6.07) is 5.31. The standard InChI is InChI=1S/C20H22FN7O/c21-13-8-22-9-15(13)26-17-5-3-4-14(25-17)16-10-23-18-11-24-19(12-28(16)18)27-7-2-1-6-20(27)29/h3-5,10-13,15,22H,1-2,6-9H2,(H,25,26). The van der Waals surface area contributed by atoms with Crippen molar-refractivity contribution in [3.05, 3.63) is 36.8 Å². The van der Waals surface area contributed by atoms with Crippen LogP contribution in [0.4, 0.5) is 16.0 Å². The molecule has 9 heteroatoms. The fourth-order valence-corrected chi connectivity index (χ4v) is 3.89. The van der Waals surface area contributed by atoms with Crippen molar-refractivity contribution in [1.29, 1.82) is 0 Å². The first-order chi connectivity index (χ1) is 14.2. The molecule has 2 fully saturated rings. The SMILES string of the molecule is O=C1CCCCN1c1cn2c(-c3cccc(NC4CNCC4F)n3)cnc2cn1. The molecule has 0 bridgehead atoms. The van der Waals surface area contributed by atoms with Crippen molar-refractivity contribution in [3.8, 4) is 11.4 Å². The molecule has 3 aromatic heterocycles.